The monoisotopic (exact) mass is 422 g/mol. The van der Waals surface area contributed by atoms with Crippen LogP contribution in [0.5, 0.6) is 0 Å². The van der Waals surface area contributed by atoms with Crippen molar-refractivity contribution in [3.05, 3.63) is 101 Å². The van der Waals surface area contributed by atoms with Crippen molar-refractivity contribution in [3.63, 3.8) is 0 Å². The fraction of sp³-hybridized carbons (Fsp3) is 0.0455. The van der Waals surface area contributed by atoms with E-state index in [2.05, 4.69) is 20.8 Å². The fourth-order valence-corrected chi connectivity index (χ4v) is 2.97. The number of benzene rings is 3. The number of rotatable bonds is 5. The molecule has 150 valence electrons. The average molecular weight is 423 g/mol. The van der Waals surface area contributed by atoms with Gasteiger partial charge in [0.05, 0.1) is 5.69 Å². The van der Waals surface area contributed by atoms with Gasteiger partial charge in [-0.15, -0.1) is 10.2 Å². The summed E-state index contributed by atoms with van der Waals surface area (Å²) in [7, 11) is 0. The van der Waals surface area contributed by atoms with Crippen LogP contribution in [0.2, 0.25) is 5.02 Å². The Bertz CT molecular complexity index is 1150. The molecule has 1 aromatic heterocycles. The van der Waals surface area contributed by atoms with Crippen LogP contribution >= 0.6 is 11.6 Å². The highest BCUT2D eigenvalue weighted by molar-refractivity contribution is 6.30. The van der Waals surface area contributed by atoms with Gasteiger partial charge in [-0.25, -0.2) is 9.18 Å². The maximum Gasteiger partial charge on any atom is 0.320 e. The number of nitrogens with zero attached hydrogens (tertiary/aromatic N) is 2. The van der Waals surface area contributed by atoms with Crippen LogP contribution in [0.25, 0.3) is 11.5 Å². The average Bonchev–Trinajstić information content (AvgIpc) is 3.25. The molecule has 8 heteroatoms. The van der Waals surface area contributed by atoms with E-state index in [1.165, 1.54) is 12.1 Å². The lowest BCUT2D eigenvalue weighted by atomic mass is 10.1. The summed E-state index contributed by atoms with van der Waals surface area (Å²) >= 11 is 5.98. The van der Waals surface area contributed by atoms with Gasteiger partial charge in [0.15, 0.2) is 0 Å². The second kappa shape index (κ2) is 8.75. The second-order valence-electron chi connectivity index (χ2n) is 6.37. The molecule has 0 radical (unpaired) electrons. The molecular formula is C22H16ClFN4O2. The van der Waals surface area contributed by atoms with E-state index in [4.69, 9.17) is 16.0 Å². The van der Waals surface area contributed by atoms with Crippen LogP contribution in [0.1, 0.15) is 17.5 Å². The van der Waals surface area contributed by atoms with Gasteiger partial charge in [-0.05, 0) is 42.0 Å². The number of hydrogen-bond donors (Lipinski definition) is 2. The van der Waals surface area contributed by atoms with Crippen LogP contribution in [-0.2, 0) is 0 Å². The minimum absolute atomic E-state index is 0.0559. The zero-order valence-corrected chi connectivity index (χ0v) is 16.3. The maximum absolute atomic E-state index is 13.9. The number of anilines is 1. The molecule has 0 aliphatic rings. The lowest BCUT2D eigenvalue weighted by Gasteiger charge is -2.16. The van der Waals surface area contributed by atoms with Gasteiger partial charge in [-0.1, -0.05) is 54.1 Å². The van der Waals surface area contributed by atoms with Gasteiger partial charge in [-0.2, -0.15) is 0 Å². The summed E-state index contributed by atoms with van der Waals surface area (Å²) in [6.07, 6.45) is 0. The van der Waals surface area contributed by atoms with E-state index in [0.717, 1.165) is 5.56 Å². The first-order valence-corrected chi connectivity index (χ1v) is 9.44. The summed E-state index contributed by atoms with van der Waals surface area (Å²) in [5, 5.41) is 14.0. The predicted molar refractivity (Wildman–Crippen MR) is 112 cm³/mol. The first-order valence-electron chi connectivity index (χ1n) is 9.06. The van der Waals surface area contributed by atoms with Crippen molar-refractivity contribution in [3.8, 4) is 11.5 Å². The highest BCUT2D eigenvalue weighted by Gasteiger charge is 2.24. The van der Waals surface area contributed by atoms with Crippen LogP contribution < -0.4 is 10.6 Å². The lowest BCUT2D eigenvalue weighted by Crippen LogP contribution is -2.33. The molecule has 1 atom stereocenters. The molecule has 0 fully saturated rings. The Morgan fingerprint density at radius 1 is 0.933 bits per heavy atom. The molecule has 4 rings (SSSR count). The number of carbonyl (C=O) groups excluding carboxylic acids is 1. The maximum atomic E-state index is 13.9. The molecule has 3 aromatic carbocycles. The van der Waals surface area contributed by atoms with Crippen molar-refractivity contribution in [2.75, 3.05) is 5.32 Å². The molecule has 0 saturated carbocycles. The number of nitrogens with one attached hydrogen (secondary N) is 2. The van der Waals surface area contributed by atoms with Crippen LogP contribution in [0.3, 0.4) is 0 Å². The third-order valence-corrected chi connectivity index (χ3v) is 4.56. The molecule has 2 N–H and O–H groups in total. The number of urea groups is 1. The van der Waals surface area contributed by atoms with Crippen LogP contribution in [0.4, 0.5) is 14.9 Å². The number of halogens is 2. The zero-order valence-electron chi connectivity index (χ0n) is 15.5. The van der Waals surface area contributed by atoms with Crippen molar-refractivity contribution in [1.29, 1.82) is 0 Å². The predicted octanol–water partition coefficient (Wildman–Crippen LogP) is 5.44. The van der Waals surface area contributed by atoms with E-state index in [9.17, 15) is 9.18 Å². The molecule has 0 aliphatic heterocycles. The number of carbonyl (C=O) groups is 1. The van der Waals surface area contributed by atoms with E-state index >= 15 is 0 Å². The molecular weight excluding hydrogens is 407 g/mol. The van der Waals surface area contributed by atoms with Crippen molar-refractivity contribution < 1.29 is 13.6 Å². The molecule has 0 bridgehead atoms. The number of para-hydroxylation sites is 1. The van der Waals surface area contributed by atoms with Gasteiger partial charge in [0.25, 0.3) is 0 Å². The standard InChI is InChI=1S/C22H16ClFN4O2/c23-16-12-10-14(11-13-16)19(26-22(29)25-18-9-5-4-8-17(18)24)21-28-27-20(30-21)15-6-2-1-3-7-15/h1-13,19H,(H2,25,26,29)/t19-/m0/s1. The van der Waals surface area contributed by atoms with E-state index in [1.807, 2.05) is 30.3 Å². The third-order valence-electron chi connectivity index (χ3n) is 4.31. The molecule has 0 aliphatic carbocycles. The number of aromatic nitrogens is 2. The SMILES string of the molecule is O=C(Nc1ccccc1F)N[C@@H](c1ccc(Cl)cc1)c1nnc(-c2ccccc2)o1. The molecule has 4 aromatic rings. The fourth-order valence-electron chi connectivity index (χ4n) is 2.84. The number of amides is 2. The normalized spacial score (nSPS) is 11.7. The molecule has 0 spiro atoms. The highest BCUT2D eigenvalue weighted by atomic mass is 35.5. The number of hydrogen-bond acceptors (Lipinski definition) is 4. The molecule has 2 amide bonds. The van der Waals surface area contributed by atoms with E-state index < -0.39 is 17.9 Å². The minimum atomic E-state index is -0.765. The van der Waals surface area contributed by atoms with Crippen molar-refractivity contribution in [1.82, 2.24) is 15.5 Å². The van der Waals surface area contributed by atoms with Gasteiger partial charge < -0.3 is 15.1 Å². The zero-order chi connectivity index (χ0) is 20.9. The Morgan fingerprint density at radius 2 is 1.63 bits per heavy atom. The van der Waals surface area contributed by atoms with Crippen LogP contribution in [-0.4, -0.2) is 16.2 Å². The Kier molecular flexibility index (Phi) is 5.72. The first kappa shape index (κ1) is 19.6. The first-order chi connectivity index (χ1) is 14.6. The summed E-state index contributed by atoms with van der Waals surface area (Å²) < 4.78 is 19.7. The smallest absolute Gasteiger partial charge is 0.320 e. The van der Waals surface area contributed by atoms with Crippen LogP contribution in [0, 0.1) is 5.82 Å². The van der Waals surface area contributed by atoms with Crippen LogP contribution in [0.15, 0.2) is 83.3 Å². The Labute approximate surface area is 176 Å². The topological polar surface area (TPSA) is 80.0 Å². The van der Waals surface area contributed by atoms with Gasteiger partial charge >= 0.3 is 6.03 Å². The van der Waals surface area contributed by atoms with E-state index in [1.54, 1.807) is 36.4 Å². The molecule has 30 heavy (non-hydrogen) atoms. The molecule has 0 saturated heterocycles. The Balaban J connectivity index is 1.62. The second-order valence-corrected chi connectivity index (χ2v) is 6.81. The highest BCUT2D eigenvalue weighted by Crippen LogP contribution is 2.26. The lowest BCUT2D eigenvalue weighted by molar-refractivity contribution is 0.248. The van der Waals surface area contributed by atoms with Crippen molar-refractivity contribution in [2.24, 2.45) is 0 Å². The van der Waals surface area contributed by atoms with Crippen molar-refractivity contribution >= 4 is 23.3 Å². The largest absolute Gasteiger partial charge is 0.418 e. The molecule has 6 nitrogen and oxygen atoms in total. The molecule has 1 heterocycles. The van der Waals surface area contributed by atoms with Gasteiger partial charge in [-0.3, -0.25) is 0 Å². The summed E-state index contributed by atoms with van der Waals surface area (Å²) in [6, 6.07) is 20.6. The van der Waals surface area contributed by atoms with Gasteiger partial charge in [0, 0.05) is 10.6 Å². The van der Waals surface area contributed by atoms with Gasteiger partial charge in [0.1, 0.15) is 11.9 Å². The Morgan fingerprint density at radius 3 is 2.37 bits per heavy atom. The summed E-state index contributed by atoms with van der Waals surface area (Å²) in [4.78, 5) is 12.6. The third kappa shape index (κ3) is 4.47. The minimum Gasteiger partial charge on any atom is -0.418 e. The summed E-state index contributed by atoms with van der Waals surface area (Å²) in [5.41, 5.74) is 1.48. The van der Waals surface area contributed by atoms with Gasteiger partial charge in [0.2, 0.25) is 11.8 Å². The van der Waals surface area contributed by atoms with E-state index in [0.29, 0.717) is 16.5 Å². The van der Waals surface area contributed by atoms with E-state index in [-0.39, 0.29) is 11.6 Å². The summed E-state index contributed by atoms with van der Waals surface area (Å²) in [5.74, 6) is -0.0411. The Hall–Kier alpha value is -3.71. The van der Waals surface area contributed by atoms with Crippen molar-refractivity contribution in [2.45, 2.75) is 6.04 Å². The quantitative estimate of drug-likeness (QED) is 0.448. The summed E-state index contributed by atoms with van der Waals surface area (Å²) in [6.45, 7) is 0. The molecule has 0 unspecified atom stereocenters.